The van der Waals surface area contributed by atoms with Crippen LogP contribution >= 0.6 is 0 Å². The van der Waals surface area contributed by atoms with Gasteiger partial charge in [-0.2, -0.15) is 0 Å². The van der Waals surface area contributed by atoms with Gasteiger partial charge in [-0.15, -0.1) is 0 Å². The molecule has 1 aromatic carbocycles. The first-order valence-electron chi connectivity index (χ1n) is 4.37. The van der Waals surface area contributed by atoms with E-state index >= 15 is 0 Å². The molecule has 76 valence electrons. The predicted molar refractivity (Wildman–Crippen MR) is 52.2 cm³/mol. The molecule has 0 saturated heterocycles. The van der Waals surface area contributed by atoms with Crippen molar-refractivity contribution in [2.75, 3.05) is 13.2 Å². The standard InChI is InChI=1S/C10H13NO3/c11-10(13)8-2-4-9(5-3-8)14-7-1-6-12/h2-5,12H,1,6-7H2,(H2,11,13). The minimum Gasteiger partial charge on any atom is -0.494 e. The van der Waals surface area contributed by atoms with Gasteiger partial charge >= 0.3 is 0 Å². The summed E-state index contributed by atoms with van der Waals surface area (Å²) in [6, 6.07) is 6.57. The van der Waals surface area contributed by atoms with Crippen molar-refractivity contribution in [1.82, 2.24) is 0 Å². The highest BCUT2D eigenvalue weighted by Gasteiger charge is 1.99. The van der Waals surface area contributed by atoms with Gasteiger partial charge in [0.25, 0.3) is 0 Å². The van der Waals surface area contributed by atoms with E-state index in [9.17, 15) is 4.79 Å². The summed E-state index contributed by atoms with van der Waals surface area (Å²) in [6.45, 7) is 0.575. The highest BCUT2D eigenvalue weighted by molar-refractivity contribution is 5.92. The van der Waals surface area contributed by atoms with Gasteiger partial charge in [0.1, 0.15) is 5.75 Å². The zero-order valence-corrected chi connectivity index (χ0v) is 7.77. The van der Waals surface area contributed by atoms with E-state index in [1.165, 1.54) is 0 Å². The van der Waals surface area contributed by atoms with Crippen molar-refractivity contribution in [1.29, 1.82) is 0 Å². The Morgan fingerprint density at radius 3 is 2.50 bits per heavy atom. The number of nitrogens with two attached hydrogens (primary N) is 1. The second-order valence-electron chi connectivity index (χ2n) is 2.81. The molecule has 0 heterocycles. The summed E-state index contributed by atoms with van der Waals surface area (Å²) in [5.41, 5.74) is 5.53. The Morgan fingerprint density at radius 1 is 1.36 bits per heavy atom. The number of rotatable bonds is 5. The van der Waals surface area contributed by atoms with Crippen LogP contribution in [0, 0.1) is 0 Å². The van der Waals surface area contributed by atoms with E-state index in [0.29, 0.717) is 24.3 Å². The molecule has 0 saturated carbocycles. The third-order valence-electron chi connectivity index (χ3n) is 1.71. The van der Waals surface area contributed by atoms with E-state index in [1.54, 1.807) is 24.3 Å². The van der Waals surface area contributed by atoms with Gasteiger partial charge in [-0.25, -0.2) is 0 Å². The zero-order valence-electron chi connectivity index (χ0n) is 7.77. The number of hydrogen-bond donors (Lipinski definition) is 2. The van der Waals surface area contributed by atoms with Crippen LogP contribution in [-0.2, 0) is 0 Å². The maximum Gasteiger partial charge on any atom is 0.248 e. The van der Waals surface area contributed by atoms with Crippen LogP contribution in [0.25, 0.3) is 0 Å². The Morgan fingerprint density at radius 2 is 2.00 bits per heavy atom. The normalized spacial score (nSPS) is 9.79. The molecule has 0 aliphatic heterocycles. The van der Waals surface area contributed by atoms with Gasteiger partial charge in [0.05, 0.1) is 6.61 Å². The van der Waals surface area contributed by atoms with E-state index in [4.69, 9.17) is 15.6 Å². The van der Waals surface area contributed by atoms with Crippen LogP contribution in [0.3, 0.4) is 0 Å². The smallest absolute Gasteiger partial charge is 0.248 e. The summed E-state index contributed by atoms with van der Waals surface area (Å²) in [5.74, 6) is 0.218. The number of ether oxygens (including phenoxy) is 1. The fourth-order valence-corrected chi connectivity index (χ4v) is 0.970. The van der Waals surface area contributed by atoms with Crippen molar-refractivity contribution < 1.29 is 14.6 Å². The average Bonchev–Trinajstić information content (AvgIpc) is 2.19. The molecule has 0 fully saturated rings. The summed E-state index contributed by atoms with van der Waals surface area (Å²) in [6.07, 6.45) is 0.595. The maximum atomic E-state index is 10.7. The largest absolute Gasteiger partial charge is 0.494 e. The van der Waals surface area contributed by atoms with Gasteiger partial charge in [0.2, 0.25) is 5.91 Å². The van der Waals surface area contributed by atoms with Gasteiger partial charge in [-0.05, 0) is 24.3 Å². The number of hydrogen-bond acceptors (Lipinski definition) is 3. The molecule has 0 atom stereocenters. The van der Waals surface area contributed by atoms with Gasteiger partial charge in [-0.3, -0.25) is 4.79 Å². The lowest BCUT2D eigenvalue weighted by atomic mass is 10.2. The topological polar surface area (TPSA) is 72.6 Å². The van der Waals surface area contributed by atoms with E-state index < -0.39 is 5.91 Å². The molecule has 1 amide bonds. The van der Waals surface area contributed by atoms with E-state index in [1.807, 2.05) is 0 Å². The van der Waals surface area contributed by atoms with Crippen molar-refractivity contribution in [3.8, 4) is 5.75 Å². The summed E-state index contributed by atoms with van der Waals surface area (Å²) >= 11 is 0. The number of amides is 1. The first-order chi connectivity index (χ1) is 6.74. The summed E-state index contributed by atoms with van der Waals surface area (Å²) in [5, 5.41) is 8.52. The molecule has 0 radical (unpaired) electrons. The maximum absolute atomic E-state index is 10.7. The minimum absolute atomic E-state index is 0.110. The Kier molecular flexibility index (Phi) is 3.94. The first kappa shape index (κ1) is 10.5. The molecule has 4 nitrogen and oxygen atoms in total. The number of carbonyl (C=O) groups is 1. The number of primary amides is 1. The average molecular weight is 195 g/mol. The molecule has 0 aromatic heterocycles. The number of aliphatic hydroxyl groups excluding tert-OH is 1. The third kappa shape index (κ3) is 3.06. The van der Waals surface area contributed by atoms with Crippen LogP contribution in [0.15, 0.2) is 24.3 Å². The molecule has 3 N–H and O–H groups in total. The molecule has 0 aliphatic carbocycles. The lowest BCUT2D eigenvalue weighted by Crippen LogP contribution is -2.10. The monoisotopic (exact) mass is 195 g/mol. The SMILES string of the molecule is NC(=O)c1ccc(OCCCO)cc1. The van der Waals surface area contributed by atoms with Gasteiger partial charge in [0.15, 0.2) is 0 Å². The molecule has 0 aliphatic rings. The van der Waals surface area contributed by atoms with Crippen LogP contribution in [0.1, 0.15) is 16.8 Å². The fraction of sp³-hybridized carbons (Fsp3) is 0.300. The van der Waals surface area contributed by atoms with Crippen molar-refractivity contribution >= 4 is 5.91 Å². The van der Waals surface area contributed by atoms with Crippen LogP contribution in [0.4, 0.5) is 0 Å². The second-order valence-corrected chi connectivity index (χ2v) is 2.81. The third-order valence-corrected chi connectivity index (χ3v) is 1.71. The van der Waals surface area contributed by atoms with Crippen molar-refractivity contribution in [3.63, 3.8) is 0 Å². The fourth-order valence-electron chi connectivity index (χ4n) is 0.970. The van der Waals surface area contributed by atoms with Crippen LogP contribution < -0.4 is 10.5 Å². The summed E-state index contributed by atoms with van der Waals surface area (Å²) in [4.78, 5) is 10.7. The predicted octanol–water partition coefficient (Wildman–Crippen LogP) is 0.547. The van der Waals surface area contributed by atoms with Crippen LogP contribution in [0.2, 0.25) is 0 Å². The Labute approximate surface area is 82.3 Å². The number of carbonyl (C=O) groups excluding carboxylic acids is 1. The van der Waals surface area contributed by atoms with Crippen molar-refractivity contribution in [2.24, 2.45) is 5.73 Å². The number of benzene rings is 1. The van der Waals surface area contributed by atoms with Gasteiger partial charge in [0, 0.05) is 18.6 Å². The molecule has 0 bridgehead atoms. The van der Waals surface area contributed by atoms with Crippen LogP contribution in [-0.4, -0.2) is 24.2 Å². The molecular formula is C10H13NO3. The number of aliphatic hydroxyl groups is 1. The first-order valence-corrected chi connectivity index (χ1v) is 4.37. The summed E-state index contributed by atoms with van der Waals surface area (Å²) in [7, 11) is 0. The Bertz CT molecular complexity index is 295. The lowest BCUT2D eigenvalue weighted by molar-refractivity contribution is 0.100. The van der Waals surface area contributed by atoms with E-state index in [-0.39, 0.29) is 6.61 Å². The van der Waals surface area contributed by atoms with Crippen molar-refractivity contribution in [3.05, 3.63) is 29.8 Å². The molecule has 1 rings (SSSR count). The Balaban J connectivity index is 2.51. The zero-order chi connectivity index (χ0) is 10.4. The van der Waals surface area contributed by atoms with E-state index in [2.05, 4.69) is 0 Å². The minimum atomic E-state index is -0.452. The van der Waals surface area contributed by atoms with Gasteiger partial charge in [-0.1, -0.05) is 0 Å². The second kappa shape index (κ2) is 5.24. The lowest BCUT2D eigenvalue weighted by Gasteiger charge is -2.04. The highest BCUT2D eigenvalue weighted by Crippen LogP contribution is 2.11. The molecule has 0 unspecified atom stereocenters. The molecular weight excluding hydrogens is 182 g/mol. The molecule has 1 aromatic rings. The summed E-state index contributed by atoms with van der Waals surface area (Å²) < 4.78 is 5.27. The quantitative estimate of drug-likeness (QED) is 0.674. The molecule has 14 heavy (non-hydrogen) atoms. The molecule has 0 spiro atoms. The Hall–Kier alpha value is -1.55. The molecule has 4 heteroatoms. The van der Waals surface area contributed by atoms with Crippen LogP contribution in [0.5, 0.6) is 5.75 Å². The van der Waals surface area contributed by atoms with Gasteiger partial charge < -0.3 is 15.6 Å². The highest BCUT2D eigenvalue weighted by atomic mass is 16.5. The van der Waals surface area contributed by atoms with Crippen molar-refractivity contribution in [2.45, 2.75) is 6.42 Å². The van der Waals surface area contributed by atoms with E-state index in [0.717, 1.165) is 0 Å².